The predicted octanol–water partition coefficient (Wildman–Crippen LogP) is 4.83. The summed E-state index contributed by atoms with van der Waals surface area (Å²) in [5.74, 6) is 6.08. The Balaban J connectivity index is 1.49. The third-order valence-corrected chi connectivity index (χ3v) is 10.9. The fourth-order valence-corrected chi connectivity index (χ4v) is 8.97. The molecule has 2 N–H and O–H groups in total. The van der Waals surface area contributed by atoms with Crippen molar-refractivity contribution in [3.05, 3.63) is 52.6 Å². The molecule has 3 fully saturated rings. The van der Waals surface area contributed by atoms with E-state index >= 15 is 4.39 Å². The van der Waals surface area contributed by atoms with Crippen molar-refractivity contribution in [3.63, 3.8) is 0 Å². The summed E-state index contributed by atoms with van der Waals surface area (Å²) in [4.78, 5) is 16.2. The highest BCUT2D eigenvalue weighted by atomic mass is 19.1. The molecule has 5 aliphatic rings. The van der Waals surface area contributed by atoms with Crippen LogP contribution in [0, 0.1) is 34.5 Å². The topological polar surface area (TPSA) is 91.6 Å². The largest absolute Gasteiger partial charge is 0.411 e. The lowest BCUT2D eigenvalue weighted by atomic mass is 9.48. The van der Waals surface area contributed by atoms with E-state index < -0.39 is 17.0 Å². The van der Waals surface area contributed by atoms with E-state index in [0.717, 1.165) is 36.3 Å². The van der Waals surface area contributed by atoms with Crippen molar-refractivity contribution in [1.82, 2.24) is 0 Å². The highest BCUT2D eigenvalue weighted by Gasteiger charge is 2.66. The molecule has 0 amide bonds. The van der Waals surface area contributed by atoms with E-state index in [9.17, 15) is 15.1 Å². The zero-order valence-electron chi connectivity index (χ0n) is 24.6. The number of benzene rings is 1. The number of anilines is 1. The van der Waals surface area contributed by atoms with Gasteiger partial charge in [0.05, 0.1) is 24.3 Å². The number of fused-ring (bicyclic) bond motifs is 4. The van der Waals surface area contributed by atoms with Gasteiger partial charge in [-0.1, -0.05) is 41.6 Å². The Kier molecular flexibility index (Phi) is 8.03. The van der Waals surface area contributed by atoms with Crippen LogP contribution in [-0.2, 0) is 14.3 Å². The molecule has 1 heterocycles. The molecule has 8 heteroatoms. The van der Waals surface area contributed by atoms with Crippen molar-refractivity contribution in [3.8, 4) is 11.8 Å². The summed E-state index contributed by atoms with van der Waals surface area (Å²) in [7, 11) is 1.53. The van der Waals surface area contributed by atoms with E-state index in [4.69, 9.17) is 9.47 Å². The Morgan fingerprint density at radius 2 is 2.00 bits per heavy atom. The van der Waals surface area contributed by atoms with Crippen molar-refractivity contribution >= 4 is 17.2 Å². The van der Waals surface area contributed by atoms with Gasteiger partial charge in [-0.05, 0) is 90.7 Å². The number of methoxy groups -OCH3 is 1. The number of oxime groups is 1. The molecule has 6 rings (SSSR count). The number of halogens is 1. The second kappa shape index (κ2) is 11.6. The van der Waals surface area contributed by atoms with Gasteiger partial charge in [-0.25, -0.2) is 4.39 Å². The molecule has 1 aliphatic heterocycles. The quantitative estimate of drug-likeness (QED) is 0.297. The van der Waals surface area contributed by atoms with Crippen LogP contribution in [0.1, 0.15) is 56.9 Å². The molecule has 0 aromatic heterocycles. The number of alkyl halides is 1. The number of ketones is 1. The molecule has 1 unspecified atom stereocenters. The summed E-state index contributed by atoms with van der Waals surface area (Å²) in [6.07, 6.45) is 4.18. The number of hydrogen-bond acceptors (Lipinski definition) is 7. The standard InChI is InChI=1S/C34H41FN2O5/c1-33-20-28(22-4-7-24(8-5-22)37-13-16-42-17-14-37)32-25-9-6-23(36-40)18-26(25)30(35)19-27(32)29(33)10-12-34(33,11-3-15-38)31(39)21-41-2/h4-5,7-8,18,27-30,38,40H,6,9-10,12-17,19-21H2,1-2H3/b36-23+/t27-,28+,29-,30?,33-,34+/m0/s1. The maximum atomic E-state index is 16.0. The minimum absolute atomic E-state index is 0.0164. The molecular weight excluding hydrogens is 535 g/mol. The van der Waals surface area contributed by atoms with Crippen LogP contribution < -0.4 is 4.90 Å². The smallest absolute Gasteiger partial charge is 0.176 e. The monoisotopic (exact) mass is 576 g/mol. The van der Waals surface area contributed by atoms with Crippen molar-refractivity contribution in [2.24, 2.45) is 27.8 Å². The fourth-order valence-electron chi connectivity index (χ4n) is 8.97. The minimum Gasteiger partial charge on any atom is -0.411 e. The van der Waals surface area contributed by atoms with E-state index in [1.807, 2.05) is 0 Å². The van der Waals surface area contributed by atoms with Gasteiger partial charge in [0, 0.05) is 31.8 Å². The Morgan fingerprint density at radius 1 is 1.24 bits per heavy atom. The van der Waals surface area contributed by atoms with Crippen molar-refractivity contribution < 1.29 is 29.0 Å². The molecule has 1 saturated heterocycles. The van der Waals surface area contributed by atoms with Crippen molar-refractivity contribution in [1.29, 1.82) is 0 Å². The van der Waals surface area contributed by atoms with Gasteiger partial charge < -0.3 is 24.7 Å². The molecule has 1 aromatic rings. The number of hydrogen-bond donors (Lipinski definition) is 2. The minimum atomic E-state index is -1.16. The summed E-state index contributed by atoms with van der Waals surface area (Å²) in [5.41, 5.74) is 4.35. The van der Waals surface area contributed by atoms with Gasteiger partial charge in [-0.2, -0.15) is 0 Å². The average molecular weight is 577 g/mol. The Labute approximate surface area is 247 Å². The summed E-state index contributed by atoms with van der Waals surface area (Å²) in [6, 6.07) is 8.75. The normalized spacial score (nSPS) is 35.1. The molecule has 224 valence electrons. The van der Waals surface area contributed by atoms with E-state index in [1.165, 1.54) is 12.7 Å². The highest BCUT2D eigenvalue weighted by Crippen LogP contribution is 2.69. The lowest BCUT2D eigenvalue weighted by molar-refractivity contribution is -0.136. The number of aliphatic hydroxyl groups is 1. The van der Waals surface area contributed by atoms with Crippen molar-refractivity contribution in [2.45, 2.75) is 57.5 Å². The third-order valence-electron chi connectivity index (χ3n) is 10.9. The molecule has 1 aromatic carbocycles. The maximum absolute atomic E-state index is 16.0. The van der Waals surface area contributed by atoms with E-state index in [0.29, 0.717) is 56.6 Å². The second-order valence-corrected chi connectivity index (χ2v) is 12.7. The van der Waals surface area contributed by atoms with Gasteiger partial charge in [-0.15, -0.1) is 0 Å². The van der Waals surface area contributed by atoms with Crippen LogP contribution >= 0.6 is 0 Å². The molecule has 0 spiro atoms. The number of allylic oxidation sites excluding steroid dienone is 4. The van der Waals surface area contributed by atoms with Crippen LogP contribution in [0.15, 0.2) is 52.2 Å². The first-order valence-electron chi connectivity index (χ1n) is 15.2. The molecule has 42 heavy (non-hydrogen) atoms. The lowest BCUT2D eigenvalue weighted by Crippen LogP contribution is -2.52. The second-order valence-electron chi connectivity index (χ2n) is 12.7. The molecule has 0 radical (unpaired) electrons. The summed E-state index contributed by atoms with van der Waals surface area (Å²) >= 11 is 0. The number of Topliss-reactive ketones (excluding diaryl/α,β-unsaturated/α-hetero) is 1. The van der Waals surface area contributed by atoms with Crippen molar-refractivity contribution in [2.75, 3.05) is 51.5 Å². The Morgan fingerprint density at radius 3 is 2.69 bits per heavy atom. The number of nitrogens with zero attached hydrogens (tertiary/aromatic N) is 2. The zero-order chi connectivity index (χ0) is 29.5. The molecule has 0 bridgehead atoms. The SMILES string of the molecule is COCC(=O)[C@@]1(C#CCO)CC[C@H]2[C@@H]3CC(F)C4=C/C(=N/O)CCC4=C3[C@@H](c3ccc(N4CCOCC4)cc3)C[C@@]21C. The number of carbonyl (C=O) groups is 1. The van der Waals surface area contributed by atoms with Crippen LogP contribution in [0.5, 0.6) is 0 Å². The Hall–Kier alpha value is -2.99. The Bertz CT molecular complexity index is 1370. The zero-order valence-corrected chi connectivity index (χ0v) is 24.6. The van der Waals surface area contributed by atoms with E-state index in [2.05, 4.69) is 53.1 Å². The maximum Gasteiger partial charge on any atom is 0.176 e. The van der Waals surface area contributed by atoms with Gasteiger partial charge >= 0.3 is 0 Å². The van der Waals surface area contributed by atoms with Crippen LogP contribution in [0.25, 0.3) is 0 Å². The highest BCUT2D eigenvalue weighted by molar-refractivity contribution is 5.97. The average Bonchev–Trinajstić information content (AvgIpc) is 3.33. The number of carbonyl (C=O) groups excluding carboxylic acids is 1. The first-order chi connectivity index (χ1) is 20.4. The number of ether oxygens (including phenoxy) is 2. The van der Waals surface area contributed by atoms with Crippen LogP contribution in [-0.4, -0.2) is 74.6 Å². The number of rotatable bonds is 5. The van der Waals surface area contributed by atoms with Gasteiger partial charge in [-0.3, -0.25) is 4.79 Å². The summed E-state index contributed by atoms with van der Waals surface area (Å²) in [6.45, 7) is 4.96. The first kappa shape index (κ1) is 29.1. The summed E-state index contributed by atoms with van der Waals surface area (Å²) < 4.78 is 26.9. The fraction of sp³-hybridized carbons (Fsp3) is 0.588. The third kappa shape index (κ3) is 4.61. The molecular formula is C34H41FN2O5. The van der Waals surface area contributed by atoms with Gasteiger partial charge in [0.2, 0.25) is 0 Å². The van der Waals surface area contributed by atoms with Crippen LogP contribution in [0.2, 0.25) is 0 Å². The molecule has 2 saturated carbocycles. The molecule has 4 aliphatic carbocycles. The number of aliphatic hydroxyl groups excluding tert-OH is 1. The first-order valence-corrected chi connectivity index (χ1v) is 15.2. The van der Waals surface area contributed by atoms with E-state index in [1.54, 1.807) is 6.08 Å². The van der Waals surface area contributed by atoms with Gasteiger partial charge in [0.1, 0.15) is 19.4 Å². The predicted molar refractivity (Wildman–Crippen MR) is 158 cm³/mol. The number of morpholine rings is 1. The summed E-state index contributed by atoms with van der Waals surface area (Å²) in [5, 5.41) is 22.5. The van der Waals surface area contributed by atoms with E-state index in [-0.39, 0.29) is 36.8 Å². The van der Waals surface area contributed by atoms with Gasteiger partial charge in [0.25, 0.3) is 0 Å². The van der Waals surface area contributed by atoms with Gasteiger partial charge in [0.15, 0.2) is 5.78 Å². The molecule has 6 atom stereocenters. The van der Waals surface area contributed by atoms with Crippen LogP contribution in [0.3, 0.4) is 0 Å². The lowest BCUT2D eigenvalue weighted by Gasteiger charge is -2.55. The molecule has 7 nitrogen and oxygen atoms in total. The van der Waals surface area contributed by atoms with Crippen LogP contribution in [0.4, 0.5) is 10.1 Å².